The Morgan fingerprint density at radius 3 is 2.27 bits per heavy atom. The summed E-state index contributed by atoms with van der Waals surface area (Å²) in [5.74, 6) is -5.41. The summed E-state index contributed by atoms with van der Waals surface area (Å²) in [7, 11) is -3.99. The number of aliphatic carboxylic acids is 1. The van der Waals surface area contributed by atoms with Gasteiger partial charge in [-0.1, -0.05) is 29.8 Å². The molecular formula is C40H49ClF2N4O10S2. The van der Waals surface area contributed by atoms with E-state index in [0.29, 0.717) is 6.42 Å². The Morgan fingerprint density at radius 1 is 1.00 bits per heavy atom. The molecule has 1 atom stereocenters. The molecule has 59 heavy (non-hydrogen) atoms. The second kappa shape index (κ2) is 17.2. The van der Waals surface area contributed by atoms with Crippen molar-refractivity contribution in [2.45, 2.75) is 96.8 Å². The smallest absolute Gasteiger partial charge is 0.410 e. The molecule has 0 unspecified atom stereocenters. The van der Waals surface area contributed by atoms with E-state index in [1.165, 1.54) is 33.5 Å². The number of thiophene rings is 1. The van der Waals surface area contributed by atoms with Gasteiger partial charge in [-0.3, -0.25) is 4.79 Å². The quantitative estimate of drug-likeness (QED) is 0.151. The highest BCUT2D eigenvalue weighted by Crippen LogP contribution is 2.48. The van der Waals surface area contributed by atoms with Crippen LogP contribution in [0.2, 0.25) is 5.02 Å². The van der Waals surface area contributed by atoms with Crippen LogP contribution in [0, 0.1) is 17.6 Å². The first kappa shape index (κ1) is 45.6. The minimum atomic E-state index is -3.99. The van der Waals surface area contributed by atoms with Gasteiger partial charge in [-0.2, -0.15) is 4.31 Å². The van der Waals surface area contributed by atoms with Crippen LogP contribution in [0.4, 0.5) is 25.0 Å². The molecule has 2 aliphatic heterocycles. The number of nitrogens with one attached hydrogen (secondary N) is 2. The zero-order chi connectivity index (χ0) is 43.8. The molecule has 5 rings (SSSR count). The van der Waals surface area contributed by atoms with E-state index in [4.69, 9.17) is 25.8 Å². The van der Waals surface area contributed by atoms with E-state index >= 15 is 4.39 Å². The Labute approximate surface area is 351 Å². The second-order valence-corrected chi connectivity index (χ2v) is 20.4. The van der Waals surface area contributed by atoms with E-state index in [9.17, 15) is 37.1 Å². The maximum Gasteiger partial charge on any atom is 0.410 e. The van der Waals surface area contributed by atoms with Crippen LogP contribution < -0.4 is 15.4 Å². The highest BCUT2D eigenvalue weighted by Gasteiger charge is 2.42. The van der Waals surface area contributed by atoms with E-state index in [1.54, 1.807) is 61.5 Å². The average Bonchev–Trinajstić information content (AvgIpc) is 3.39. The second-order valence-electron chi connectivity index (χ2n) is 17.1. The molecule has 2 aliphatic rings. The van der Waals surface area contributed by atoms with Gasteiger partial charge >= 0.3 is 18.0 Å². The summed E-state index contributed by atoms with van der Waals surface area (Å²) < 4.78 is 76.4. The Morgan fingerprint density at radius 2 is 1.66 bits per heavy atom. The normalized spacial score (nSPS) is 17.5. The highest BCUT2D eigenvalue weighted by molar-refractivity contribution is 7.88. The predicted octanol–water partition coefficient (Wildman–Crippen LogP) is 7.76. The molecule has 19 heteroatoms. The Hall–Kier alpha value is -4.52. The number of likely N-dealkylation sites (tertiary alicyclic amines) is 1. The summed E-state index contributed by atoms with van der Waals surface area (Å²) in [4.78, 5) is 50.8. The lowest BCUT2D eigenvalue weighted by molar-refractivity contribution is -0.139. The molecule has 2 saturated heterocycles. The number of piperidine rings is 1. The van der Waals surface area contributed by atoms with Crippen molar-refractivity contribution >= 4 is 68.3 Å². The summed E-state index contributed by atoms with van der Waals surface area (Å²) in [6, 6.07) is 7.88. The lowest BCUT2D eigenvalue weighted by Crippen LogP contribution is -2.55. The van der Waals surface area contributed by atoms with Crippen molar-refractivity contribution in [3.05, 3.63) is 63.5 Å². The van der Waals surface area contributed by atoms with Crippen LogP contribution in [0.15, 0.2) is 36.4 Å². The largest absolute Gasteiger partial charge is 0.479 e. The average molecular weight is 883 g/mol. The monoisotopic (exact) mass is 882 g/mol. The summed E-state index contributed by atoms with van der Waals surface area (Å²) in [5, 5.41) is 14.8. The number of amides is 2. The van der Waals surface area contributed by atoms with Crippen molar-refractivity contribution in [3.8, 4) is 16.2 Å². The molecular weight excluding hydrogens is 834 g/mol. The van der Waals surface area contributed by atoms with E-state index in [1.807, 2.05) is 0 Å². The van der Waals surface area contributed by atoms with Crippen molar-refractivity contribution in [2.75, 3.05) is 36.9 Å². The number of nitrogens with zero attached hydrogens (tertiary/aromatic N) is 2. The lowest BCUT2D eigenvalue weighted by Gasteiger charge is -2.45. The first-order valence-corrected chi connectivity index (χ1v) is 21.6. The van der Waals surface area contributed by atoms with Gasteiger partial charge in [0.1, 0.15) is 22.0 Å². The van der Waals surface area contributed by atoms with Crippen LogP contribution in [-0.4, -0.2) is 95.7 Å². The number of hydrogen-bond donors (Lipinski definition) is 3. The van der Waals surface area contributed by atoms with Crippen LogP contribution in [0.1, 0.15) is 83.5 Å². The van der Waals surface area contributed by atoms with Crippen LogP contribution in [0.25, 0.3) is 10.4 Å². The number of esters is 1. The van der Waals surface area contributed by atoms with Gasteiger partial charge in [0, 0.05) is 36.8 Å². The van der Waals surface area contributed by atoms with E-state index < -0.39 is 80.6 Å². The zero-order valence-corrected chi connectivity index (χ0v) is 36.4. The van der Waals surface area contributed by atoms with Crippen molar-refractivity contribution in [2.24, 2.45) is 5.92 Å². The third-order valence-electron chi connectivity index (χ3n) is 9.32. The van der Waals surface area contributed by atoms with Gasteiger partial charge in [-0.15, -0.1) is 11.3 Å². The summed E-state index contributed by atoms with van der Waals surface area (Å²) in [6.07, 6.45) is 0.0221. The lowest BCUT2D eigenvalue weighted by atomic mass is 9.89. The number of halogens is 3. The van der Waals surface area contributed by atoms with Crippen molar-refractivity contribution in [3.63, 3.8) is 0 Å². The molecule has 14 nitrogen and oxygen atoms in total. The SMILES string of the molecule is CC(C)(C)OC(=O)c1sc(-c2cccc(N[C@@H]3CCN(S(=O)(=O)Cc4ccc(F)c(NC(=O)C5CN(C(=O)OC(C)(C)C)C5)c4)C(C)(C)C3)c2F)c(Cl)c1OCC(=O)O. The molecule has 3 N–H and O–H groups in total. The fourth-order valence-electron chi connectivity index (χ4n) is 6.75. The number of carbonyl (C=O) groups is 4. The molecule has 2 amide bonds. The number of sulfonamides is 1. The van der Waals surface area contributed by atoms with Gasteiger partial charge in [0.05, 0.1) is 27.9 Å². The number of carboxylic acids is 1. The topological polar surface area (TPSA) is 181 Å². The fourth-order valence-corrected chi connectivity index (χ4v) is 10.2. The number of rotatable bonds is 12. The summed E-state index contributed by atoms with van der Waals surface area (Å²) in [6.45, 7) is 13.1. The molecule has 0 spiro atoms. The van der Waals surface area contributed by atoms with Crippen LogP contribution >= 0.6 is 22.9 Å². The Balaban J connectivity index is 1.26. The summed E-state index contributed by atoms with van der Waals surface area (Å²) in [5.41, 5.74) is -2.36. The van der Waals surface area contributed by atoms with E-state index in [2.05, 4.69) is 10.6 Å². The molecule has 322 valence electrons. The molecule has 2 aromatic carbocycles. The van der Waals surface area contributed by atoms with Crippen molar-refractivity contribution in [1.82, 2.24) is 9.21 Å². The minimum Gasteiger partial charge on any atom is -0.479 e. The molecule has 0 aliphatic carbocycles. The molecule has 2 fully saturated rings. The zero-order valence-electron chi connectivity index (χ0n) is 34.0. The number of hydrogen-bond acceptors (Lipinski definition) is 11. The number of benzene rings is 2. The van der Waals surface area contributed by atoms with Crippen molar-refractivity contribution in [1.29, 1.82) is 0 Å². The molecule has 0 bridgehead atoms. The Bertz CT molecular complexity index is 2230. The maximum atomic E-state index is 16.3. The number of carbonyl (C=O) groups excluding carboxylic acids is 3. The molecule has 0 saturated carbocycles. The van der Waals surface area contributed by atoms with Crippen LogP contribution in [0.3, 0.4) is 0 Å². The molecule has 3 aromatic rings. The first-order chi connectivity index (χ1) is 27.2. The number of carboxylic acid groups (broad SMARTS) is 1. The first-order valence-electron chi connectivity index (χ1n) is 18.8. The maximum absolute atomic E-state index is 16.3. The predicted molar refractivity (Wildman–Crippen MR) is 219 cm³/mol. The third-order valence-corrected chi connectivity index (χ3v) is 13.0. The molecule has 0 radical (unpaired) electrons. The minimum absolute atomic E-state index is 0.0181. The van der Waals surface area contributed by atoms with E-state index in [0.717, 1.165) is 17.4 Å². The fraction of sp³-hybridized carbons (Fsp3) is 0.500. The Kier molecular flexibility index (Phi) is 13.3. The van der Waals surface area contributed by atoms with Crippen LogP contribution in [-0.2, 0) is 34.8 Å². The van der Waals surface area contributed by atoms with Gasteiger partial charge in [0.25, 0.3) is 0 Å². The number of ether oxygens (including phenoxy) is 3. The number of anilines is 2. The van der Waals surface area contributed by atoms with E-state index in [-0.39, 0.29) is 75.1 Å². The summed E-state index contributed by atoms with van der Waals surface area (Å²) >= 11 is 7.40. The molecule has 1 aromatic heterocycles. The van der Waals surface area contributed by atoms with Gasteiger partial charge < -0.3 is 34.9 Å². The van der Waals surface area contributed by atoms with Gasteiger partial charge in [0.2, 0.25) is 15.9 Å². The molecule has 3 heterocycles. The van der Waals surface area contributed by atoms with Gasteiger partial charge in [-0.25, -0.2) is 31.6 Å². The third kappa shape index (κ3) is 11.2. The van der Waals surface area contributed by atoms with Crippen molar-refractivity contribution < 1.29 is 55.7 Å². The van der Waals surface area contributed by atoms with Gasteiger partial charge in [0.15, 0.2) is 23.1 Å². The van der Waals surface area contributed by atoms with Gasteiger partial charge in [-0.05, 0) is 92.0 Å². The standard InChI is InChI=1S/C40H49ClF2N4O10S2/c1-38(2,3)56-36(51)34-32(55-20-29(48)49)30(41)33(58-34)25-10-9-11-27(31(25)43)44-24-14-15-47(40(7,8)17-24)59(53,54)21-22-12-13-26(42)28(16-22)45-35(50)23-18-46(19-23)37(52)57-39(4,5)6/h9-13,16,23-24,44H,14-15,17-21H2,1-8H3,(H,45,50)(H,48,49)/t24-/m1/s1. The highest BCUT2D eigenvalue weighted by atomic mass is 35.5. The van der Waals surface area contributed by atoms with Crippen LogP contribution in [0.5, 0.6) is 5.75 Å².